The number of carbonyl (C=O) groups excluding carboxylic acids is 1. The molecule has 3 aromatic rings. The number of aryl methyl sites for hydroxylation is 1. The summed E-state index contributed by atoms with van der Waals surface area (Å²) in [6.45, 7) is 8.00. The van der Waals surface area contributed by atoms with Gasteiger partial charge in [0.2, 0.25) is 5.88 Å². The maximum Gasteiger partial charge on any atom is 0.344 e. The van der Waals surface area contributed by atoms with Crippen molar-refractivity contribution in [2.45, 2.75) is 6.92 Å². The van der Waals surface area contributed by atoms with Crippen LogP contribution in [0.3, 0.4) is 0 Å². The fourth-order valence-corrected chi connectivity index (χ4v) is 3.14. The Balaban J connectivity index is 1.32. The number of aromatic nitrogens is 1. The van der Waals surface area contributed by atoms with Gasteiger partial charge in [-0.15, -0.1) is 0 Å². The maximum atomic E-state index is 12.5. The van der Waals surface area contributed by atoms with E-state index in [1.165, 1.54) is 0 Å². The third-order valence-electron chi connectivity index (χ3n) is 4.89. The van der Waals surface area contributed by atoms with Crippen molar-refractivity contribution in [3.05, 3.63) is 71.2 Å². The van der Waals surface area contributed by atoms with Crippen molar-refractivity contribution in [2.75, 3.05) is 52.9 Å². The standard InChI is InChI=1S/C26H29NO8/c1-3-25(28)34-15-13-32-11-9-30-8-10-31-12-14-33-24-17-23-20(18-27-24)16-22(26(29)35-23)21-7-5-4-6-19(21)2/h3-7,16-18H,1,8-15H2,2H3. The van der Waals surface area contributed by atoms with Gasteiger partial charge in [0.05, 0.1) is 45.2 Å². The van der Waals surface area contributed by atoms with E-state index in [1.807, 2.05) is 31.2 Å². The molecule has 0 amide bonds. The first kappa shape index (κ1) is 26.1. The van der Waals surface area contributed by atoms with Gasteiger partial charge in [0.25, 0.3) is 0 Å². The number of hydrogen-bond acceptors (Lipinski definition) is 9. The van der Waals surface area contributed by atoms with Gasteiger partial charge in [0.15, 0.2) is 0 Å². The first-order chi connectivity index (χ1) is 17.1. The van der Waals surface area contributed by atoms with E-state index in [2.05, 4.69) is 11.6 Å². The largest absolute Gasteiger partial charge is 0.475 e. The summed E-state index contributed by atoms with van der Waals surface area (Å²) in [6, 6.07) is 11.0. The second-order valence-corrected chi connectivity index (χ2v) is 7.38. The first-order valence-electron chi connectivity index (χ1n) is 11.2. The van der Waals surface area contributed by atoms with E-state index in [1.54, 1.807) is 18.3 Å². The molecule has 2 aromatic heterocycles. The first-order valence-corrected chi connectivity index (χ1v) is 11.2. The van der Waals surface area contributed by atoms with Crippen LogP contribution in [0.5, 0.6) is 5.88 Å². The van der Waals surface area contributed by atoms with Crippen LogP contribution >= 0.6 is 0 Å². The average Bonchev–Trinajstić information content (AvgIpc) is 2.86. The van der Waals surface area contributed by atoms with Gasteiger partial charge in [-0.25, -0.2) is 14.6 Å². The molecule has 35 heavy (non-hydrogen) atoms. The molecule has 2 heterocycles. The third-order valence-corrected chi connectivity index (χ3v) is 4.89. The summed E-state index contributed by atoms with van der Waals surface area (Å²) >= 11 is 0. The van der Waals surface area contributed by atoms with Crippen LogP contribution in [0.2, 0.25) is 0 Å². The van der Waals surface area contributed by atoms with Gasteiger partial charge in [-0.1, -0.05) is 30.8 Å². The Morgan fingerprint density at radius 2 is 1.60 bits per heavy atom. The van der Waals surface area contributed by atoms with Crippen molar-refractivity contribution in [3.63, 3.8) is 0 Å². The number of nitrogens with zero attached hydrogens (tertiary/aromatic N) is 1. The van der Waals surface area contributed by atoms with Crippen LogP contribution in [0.4, 0.5) is 0 Å². The van der Waals surface area contributed by atoms with Gasteiger partial charge in [-0.2, -0.15) is 0 Å². The third kappa shape index (κ3) is 8.32. The van der Waals surface area contributed by atoms with Gasteiger partial charge < -0.3 is 28.1 Å². The monoisotopic (exact) mass is 483 g/mol. The van der Waals surface area contributed by atoms with E-state index in [0.29, 0.717) is 62.1 Å². The molecule has 0 N–H and O–H groups in total. The molecule has 0 saturated heterocycles. The molecule has 9 nitrogen and oxygen atoms in total. The molecular weight excluding hydrogens is 454 g/mol. The zero-order valence-corrected chi connectivity index (χ0v) is 19.7. The molecular formula is C26H29NO8. The molecule has 9 heteroatoms. The Morgan fingerprint density at radius 3 is 2.29 bits per heavy atom. The fraction of sp³-hybridized carbons (Fsp3) is 0.346. The molecule has 0 fully saturated rings. The Labute approximate surface area is 203 Å². The van der Waals surface area contributed by atoms with Gasteiger partial charge >= 0.3 is 11.6 Å². The van der Waals surface area contributed by atoms with Crippen LogP contribution in [0.1, 0.15) is 5.56 Å². The van der Waals surface area contributed by atoms with Crippen LogP contribution in [-0.4, -0.2) is 63.8 Å². The van der Waals surface area contributed by atoms with E-state index < -0.39 is 11.6 Å². The van der Waals surface area contributed by atoms with Gasteiger partial charge in [-0.3, -0.25) is 0 Å². The number of hydrogen-bond donors (Lipinski definition) is 0. The van der Waals surface area contributed by atoms with Crippen molar-refractivity contribution < 1.29 is 32.9 Å². The summed E-state index contributed by atoms with van der Waals surface area (Å²) in [5, 5.41) is 0.713. The number of fused-ring (bicyclic) bond motifs is 1. The summed E-state index contributed by atoms with van der Waals surface area (Å²) in [6.07, 6.45) is 2.73. The van der Waals surface area contributed by atoms with E-state index >= 15 is 0 Å². The van der Waals surface area contributed by atoms with Crippen LogP contribution in [0, 0.1) is 6.92 Å². The lowest BCUT2D eigenvalue weighted by atomic mass is 10.0. The Kier molecular flexibility index (Phi) is 10.4. The molecule has 0 bridgehead atoms. The second kappa shape index (κ2) is 14.0. The van der Waals surface area contributed by atoms with Crippen LogP contribution in [0.15, 0.2) is 64.5 Å². The lowest BCUT2D eigenvalue weighted by Crippen LogP contribution is -2.14. The van der Waals surface area contributed by atoms with Crippen LogP contribution in [-0.2, 0) is 23.7 Å². The highest BCUT2D eigenvalue weighted by Gasteiger charge is 2.11. The summed E-state index contributed by atoms with van der Waals surface area (Å²) < 4.78 is 32.0. The van der Waals surface area contributed by atoms with E-state index in [-0.39, 0.29) is 13.2 Å². The zero-order chi connectivity index (χ0) is 24.9. The minimum absolute atomic E-state index is 0.181. The van der Waals surface area contributed by atoms with Crippen LogP contribution in [0.25, 0.3) is 22.1 Å². The van der Waals surface area contributed by atoms with Crippen molar-refractivity contribution in [1.29, 1.82) is 0 Å². The van der Waals surface area contributed by atoms with Crippen molar-refractivity contribution in [3.8, 4) is 17.0 Å². The molecule has 1 aromatic carbocycles. The molecule has 0 spiro atoms. The highest BCUT2D eigenvalue weighted by Crippen LogP contribution is 2.24. The fourth-order valence-electron chi connectivity index (χ4n) is 3.14. The number of ether oxygens (including phenoxy) is 5. The minimum atomic E-state index is -0.471. The maximum absolute atomic E-state index is 12.5. The van der Waals surface area contributed by atoms with Gasteiger partial charge in [0.1, 0.15) is 18.8 Å². The minimum Gasteiger partial charge on any atom is -0.475 e. The molecule has 0 aliphatic carbocycles. The molecule has 3 rings (SSSR count). The predicted molar refractivity (Wildman–Crippen MR) is 130 cm³/mol. The van der Waals surface area contributed by atoms with Gasteiger partial charge in [0, 0.05) is 23.7 Å². The smallest absolute Gasteiger partial charge is 0.344 e. The Hall–Kier alpha value is -3.53. The summed E-state index contributed by atoms with van der Waals surface area (Å²) in [5.41, 5.74) is 2.34. The Morgan fingerprint density at radius 1 is 0.943 bits per heavy atom. The molecule has 0 radical (unpaired) electrons. The molecule has 0 saturated carbocycles. The lowest BCUT2D eigenvalue weighted by molar-refractivity contribution is -0.139. The summed E-state index contributed by atoms with van der Waals surface area (Å²) in [4.78, 5) is 27.6. The van der Waals surface area contributed by atoms with E-state index in [0.717, 1.165) is 17.2 Å². The average molecular weight is 484 g/mol. The van der Waals surface area contributed by atoms with E-state index in [4.69, 9.17) is 28.1 Å². The molecule has 0 atom stereocenters. The number of rotatable bonds is 15. The predicted octanol–water partition coefficient (Wildman–Crippen LogP) is 3.32. The van der Waals surface area contributed by atoms with Gasteiger partial charge in [-0.05, 0) is 24.1 Å². The molecule has 186 valence electrons. The van der Waals surface area contributed by atoms with Crippen molar-refractivity contribution in [1.82, 2.24) is 4.98 Å². The normalized spacial score (nSPS) is 10.9. The second-order valence-electron chi connectivity index (χ2n) is 7.38. The summed E-state index contributed by atoms with van der Waals surface area (Å²) in [7, 11) is 0. The summed E-state index contributed by atoms with van der Waals surface area (Å²) in [5.74, 6) is -0.124. The lowest BCUT2D eigenvalue weighted by Gasteiger charge is -2.09. The number of benzene rings is 1. The number of esters is 1. The molecule has 0 aliphatic rings. The molecule has 0 unspecified atom stereocenters. The topological polar surface area (TPSA) is 106 Å². The van der Waals surface area contributed by atoms with Crippen molar-refractivity contribution in [2.24, 2.45) is 0 Å². The van der Waals surface area contributed by atoms with Crippen molar-refractivity contribution >= 4 is 16.9 Å². The zero-order valence-electron chi connectivity index (χ0n) is 19.7. The highest BCUT2D eigenvalue weighted by molar-refractivity contribution is 5.82. The SMILES string of the molecule is C=CC(=O)OCCOCCOCCOCCOc1cc2oc(=O)c(-c3ccccc3C)cc2cn1. The van der Waals surface area contributed by atoms with Crippen LogP contribution < -0.4 is 10.4 Å². The Bertz CT molecular complexity index is 1170. The molecule has 0 aliphatic heterocycles. The number of carbonyl (C=O) groups is 1. The quantitative estimate of drug-likeness (QED) is 0.183. The van der Waals surface area contributed by atoms with E-state index in [9.17, 15) is 9.59 Å². The number of pyridine rings is 1. The highest BCUT2D eigenvalue weighted by atomic mass is 16.6.